The number of carbonyl (C=O) groups excluding carboxylic acids is 1. The fraction of sp³-hybridized carbons (Fsp3) is 0.357. The average molecular weight is 595 g/mol. The molecule has 41 heavy (non-hydrogen) atoms. The Balaban J connectivity index is 1.43. The molecular weight excluding hydrogens is 565 g/mol. The summed E-state index contributed by atoms with van der Waals surface area (Å²) in [5, 5.41) is 16.2. The van der Waals surface area contributed by atoms with Crippen LogP contribution in [0.3, 0.4) is 0 Å². The van der Waals surface area contributed by atoms with Crippen LogP contribution in [0.15, 0.2) is 48.5 Å². The first-order valence-corrected chi connectivity index (χ1v) is 14.4. The monoisotopic (exact) mass is 593 g/mol. The van der Waals surface area contributed by atoms with E-state index in [1.54, 1.807) is 24.3 Å². The highest BCUT2D eigenvalue weighted by Crippen LogP contribution is 2.32. The van der Waals surface area contributed by atoms with Gasteiger partial charge in [-0.25, -0.2) is 15.0 Å². The number of tetrazole rings is 1. The van der Waals surface area contributed by atoms with Crippen molar-refractivity contribution in [3.63, 3.8) is 0 Å². The van der Waals surface area contributed by atoms with Crippen molar-refractivity contribution < 1.29 is 9.53 Å². The lowest BCUT2D eigenvalue weighted by Gasteiger charge is -2.27. The lowest BCUT2D eigenvalue weighted by molar-refractivity contribution is 0.0743. The predicted molar refractivity (Wildman–Crippen MR) is 156 cm³/mol. The van der Waals surface area contributed by atoms with Gasteiger partial charge < -0.3 is 9.64 Å². The van der Waals surface area contributed by atoms with E-state index in [1.165, 1.54) is 4.80 Å². The summed E-state index contributed by atoms with van der Waals surface area (Å²) < 4.78 is 5.44. The van der Waals surface area contributed by atoms with E-state index in [4.69, 9.17) is 37.9 Å². The molecule has 0 saturated carbocycles. The lowest BCUT2D eigenvalue weighted by atomic mass is 10.0. The van der Waals surface area contributed by atoms with Gasteiger partial charge in [0.1, 0.15) is 6.54 Å². The van der Waals surface area contributed by atoms with Crippen molar-refractivity contribution in [3.05, 3.63) is 70.0 Å². The molecule has 13 heteroatoms. The largest absolute Gasteiger partial charge is 0.378 e. The van der Waals surface area contributed by atoms with Gasteiger partial charge in [-0.2, -0.15) is 4.80 Å². The van der Waals surface area contributed by atoms with Gasteiger partial charge in [-0.15, -0.1) is 5.10 Å². The van der Waals surface area contributed by atoms with Crippen LogP contribution in [0, 0.1) is 0 Å². The number of hydrogen-bond donors (Lipinski definition) is 1. The van der Waals surface area contributed by atoms with Gasteiger partial charge in [0.05, 0.1) is 30.3 Å². The molecule has 0 atom stereocenters. The first-order valence-electron chi connectivity index (χ1n) is 13.6. The molecule has 0 radical (unpaired) electrons. The molecule has 2 aromatic carbocycles. The lowest BCUT2D eigenvalue weighted by Crippen LogP contribution is -2.45. The molecule has 212 valence electrons. The quantitative estimate of drug-likeness (QED) is 0.338. The van der Waals surface area contributed by atoms with Crippen LogP contribution in [-0.2, 0) is 11.3 Å². The number of piperidine rings is 1. The van der Waals surface area contributed by atoms with Crippen LogP contribution in [0.5, 0.6) is 0 Å². The van der Waals surface area contributed by atoms with Crippen molar-refractivity contribution in [3.8, 4) is 22.5 Å². The van der Waals surface area contributed by atoms with Crippen molar-refractivity contribution in [2.75, 3.05) is 44.3 Å². The standard InChI is InChI=1S/C28H29Cl2N9O2/c29-21-8-4-19(5-9-21)24-25(20-6-10-22(30)11-7-20)32-26(27(40)34-38-12-2-1-3-13-38)23(31-24)18-39-35-28(33-36-39)37-14-16-41-17-15-37/h4-11H,1-3,12-18H2,(H,34,40). The maximum atomic E-state index is 13.7. The summed E-state index contributed by atoms with van der Waals surface area (Å²) in [6, 6.07) is 14.7. The van der Waals surface area contributed by atoms with Gasteiger partial charge in [0.25, 0.3) is 11.9 Å². The van der Waals surface area contributed by atoms with E-state index in [2.05, 4.69) is 20.8 Å². The van der Waals surface area contributed by atoms with Crippen LogP contribution in [0.25, 0.3) is 22.5 Å². The van der Waals surface area contributed by atoms with Crippen LogP contribution >= 0.6 is 23.2 Å². The number of aromatic nitrogens is 6. The third-order valence-electron chi connectivity index (χ3n) is 7.06. The summed E-state index contributed by atoms with van der Waals surface area (Å²) >= 11 is 12.4. The molecular formula is C28H29Cl2N9O2. The molecule has 2 saturated heterocycles. The summed E-state index contributed by atoms with van der Waals surface area (Å²) in [6.45, 7) is 4.27. The number of nitrogens with one attached hydrogen (secondary N) is 1. The van der Waals surface area contributed by atoms with Gasteiger partial charge in [-0.05, 0) is 42.3 Å². The smallest absolute Gasteiger partial charge is 0.286 e. The number of nitrogens with zero attached hydrogens (tertiary/aromatic N) is 8. The maximum absolute atomic E-state index is 13.7. The number of rotatable bonds is 7. The van der Waals surface area contributed by atoms with Crippen molar-refractivity contribution in [1.82, 2.24) is 40.6 Å². The van der Waals surface area contributed by atoms with Crippen LogP contribution in [0.4, 0.5) is 5.95 Å². The van der Waals surface area contributed by atoms with Crippen LogP contribution in [-0.4, -0.2) is 80.5 Å². The van der Waals surface area contributed by atoms with Gasteiger partial charge in [0.15, 0.2) is 5.69 Å². The van der Waals surface area contributed by atoms with E-state index in [9.17, 15) is 4.79 Å². The first kappa shape index (κ1) is 27.5. The number of ether oxygens (including phenoxy) is 1. The minimum atomic E-state index is -0.333. The summed E-state index contributed by atoms with van der Waals surface area (Å²) in [7, 11) is 0. The Morgan fingerprint density at radius 1 is 0.829 bits per heavy atom. The minimum Gasteiger partial charge on any atom is -0.378 e. The van der Waals surface area contributed by atoms with Crippen molar-refractivity contribution in [2.24, 2.45) is 0 Å². The molecule has 11 nitrogen and oxygen atoms in total. The molecule has 0 unspecified atom stereocenters. The van der Waals surface area contributed by atoms with Crippen LogP contribution in [0.1, 0.15) is 35.4 Å². The Labute approximate surface area is 247 Å². The molecule has 4 aromatic rings. The normalized spacial score (nSPS) is 16.1. The first-order chi connectivity index (χ1) is 20.0. The predicted octanol–water partition coefficient (Wildman–Crippen LogP) is 4.12. The van der Waals surface area contributed by atoms with Gasteiger partial charge >= 0.3 is 0 Å². The van der Waals surface area contributed by atoms with Gasteiger partial charge in [-0.3, -0.25) is 10.2 Å². The number of hydrogen-bond acceptors (Lipinski definition) is 9. The van der Waals surface area contributed by atoms with Crippen molar-refractivity contribution in [2.45, 2.75) is 25.8 Å². The third-order valence-corrected chi connectivity index (χ3v) is 7.57. The maximum Gasteiger partial charge on any atom is 0.286 e. The topological polar surface area (TPSA) is 114 Å². The SMILES string of the molecule is O=C(NN1CCCCC1)c1nc(-c2ccc(Cl)cc2)c(-c2ccc(Cl)cc2)nc1Cn1nnc(N2CCOCC2)n1. The van der Waals surface area contributed by atoms with E-state index in [-0.39, 0.29) is 18.1 Å². The molecule has 2 aliphatic rings. The van der Waals surface area contributed by atoms with Gasteiger partial charge in [0, 0.05) is 47.4 Å². The second kappa shape index (κ2) is 12.5. The van der Waals surface area contributed by atoms with Crippen molar-refractivity contribution in [1.29, 1.82) is 0 Å². The Bertz CT molecular complexity index is 1500. The zero-order valence-electron chi connectivity index (χ0n) is 22.3. The molecule has 1 N–H and O–H groups in total. The zero-order chi connectivity index (χ0) is 28.2. The number of carbonyl (C=O) groups is 1. The van der Waals surface area contributed by atoms with E-state index < -0.39 is 0 Å². The number of benzene rings is 2. The van der Waals surface area contributed by atoms with Crippen LogP contribution < -0.4 is 10.3 Å². The fourth-order valence-corrected chi connectivity index (χ4v) is 5.16. The van der Waals surface area contributed by atoms with E-state index in [0.29, 0.717) is 59.4 Å². The van der Waals surface area contributed by atoms with E-state index in [1.807, 2.05) is 34.2 Å². The van der Waals surface area contributed by atoms with Crippen molar-refractivity contribution >= 4 is 35.1 Å². The fourth-order valence-electron chi connectivity index (χ4n) is 4.91. The highest BCUT2D eigenvalue weighted by Gasteiger charge is 2.25. The van der Waals surface area contributed by atoms with Gasteiger partial charge in [0.2, 0.25) is 0 Å². The Morgan fingerprint density at radius 2 is 1.44 bits per heavy atom. The molecule has 0 spiro atoms. The highest BCUT2D eigenvalue weighted by atomic mass is 35.5. The summed E-state index contributed by atoms with van der Waals surface area (Å²) in [4.78, 5) is 27.1. The number of anilines is 1. The Hall–Kier alpha value is -3.64. The molecule has 6 rings (SSSR count). The third kappa shape index (κ3) is 6.48. The molecule has 0 bridgehead atoms. The molecule has 1 amide bonds. The minimum absolute atomic E-state index is 0.106. The number of morpholine rings is 1. The second-order valence-corrected chi connectivity index (χ2v) is 10.8. The zero-order valence-corrected chi connectivity index (χ0v) is 23.9. The average Bonchev–Trinajstić information content (AvgIpc) is 3.47. The summed E-state index contributed by atoms with van der Waals surface area (Å²) in [5.74, 6) is 0.178. The number of hydrazine groups is 1. The highest BCUT2D eigenvalue weighted by molar-refractivity contribution is 6.31. The molecule has 2 aromatic heterocycles. The Kier molecular flexibility index (Phi) is 8.38. The number of amides is 1. The second-order valence-electron chi connectivity index (χ2n) is 9.94. The van der Waals surface area contributed by atoms with Crippen LogP contribution in [0.2, 0.25) is 10.0 Å². The van der Waals surface area contributed by atoms with E-state index in [0.717, 1.165) is 43.5 Å². The summed E-state index contributed by atoms with van der Waals surface area (Å²) in [5.41, 5.74) is 6.39. The molecule has 4 heterocycles. The summed E-state index contributed by atoms with van der Waals surface area (Å²) in [6.07, 6.45) is 3.20. The molecule has 2 fully saturated rings. The molecule has 0 aliphatic carbocycles. The molecule has 2 aliphatic heterocycles. The Morgan fingerprint density at radius 3 is 2.07 bits per heavy atom. The van der Waals surface area contributed by atoms with E-state index >= 15 is 0 Å². The number of halogens is 2. The van der Waals surface area contributed by atoms with Gasteiger partial charge in [-0.1, -0.05) is 59.0 Å².